The summed E-state index contributed by atoms with van der Waals surface area (Å²) < 4.78 is 0. The Morgan fingerprint density at radius 3 is 2.39 bits per heavy atom. The first-order valence-corrected chi connectivity index (χ1v) is 6.10. The minimum atomic E-state index is 0.816. The fraction of sp³-hybridized carbons (Fsp3) is 0.0588. The normalized spacial score (nSPS) is 10.7. The van der Waals surface area contributed by atoms with Gasteiger partial charge in [0.1, 0.15) is 0 Å². The highest BCUT2D eigenvalue weighted by molar-refractivity contribution is 5.97. The average molecular weight is 233 g/mol. The van der Waals surface area contributed by atoms with Gasteiger partial charge in [-0.3, -0.25) is 0 Å². The molecule has 18 heavy (non-hydrogen) atoms. The number of aryl methyl sites for hydroxylation is 1. The Bertz CT molecular complexity index is 708. The fourth-order valence-electron chi connectivity index (χ4n) is 2.45. The van der Waals surface area contributed by atoms with Crippen LogP contribution in [0.4, 0.5) is 5.69 Å². The molecule has 0 saturated carbocycles. The molecular weight excluding hydrogens is 218 g/mol. The van der Waals surface area contributed by atoms with Crippen molar-refractivity contribution in [2.24, 2.45) is 0 Å². The molecule has 0 unspecified atom stereocenters. The van der Waals surface area contributed by atoms with Crippen LogP contribution >= 0.6 is 0 Å². The van der Waals surface area contributed by atoms with Crippen molar-refractivity contribution in [1.29, 1.82) is 0 Å². The van der Waals surface area contributed by atoms with Gasteiger partial charge in [0.05, 0.1) is 0 Å². The molecule has 88 valence electrons. The topological polar surface area (TPSA) is 26.0 Å². The molecule has 3 aromatic carbocycles. The summed E-state index contributed by atoms with van der Waals surface area (Å²) in [4.78, 5) is 0. The number of nitrogen functional groups attached to an aromatic ring is 1. The van der Waals surface area contributed by atoms with Crippen LogP contribution in [0.1, 0.15) is 5.56 Å². The van der Waals surface area contributed by atoms with Gasteiger partial charge in [-0.2, -0.15) is 0 Å². The van der Waals surface area contributed by atoms with Crippen molar-refractivity contribution in [1.82, 2.24) is 0 Å². The van der Waals surface area contributed by atoms with E-state index in [1.807, 2.05) is 12.1 Å². The van der Waals surface area contributed by atoms with Crippen LogP contribution in [0.25, 0.3) is 21.9 Å². The van der Waals surface area contributed by atoms with Crippen LogP contribution in [-0.2, 0) is 0 Å². The third-order valence-corrected chi connectivity index (χ3v) is 3.33. The van der Waals surface area contributed by atoms with Crippen LogP contribution in [0, 0.1) is 6.92 Å². The van der Waals surface area contributed by atoms with Gasteiger partial charge in [-0.1, -0.05) is 48.5 Å². The van der Waals surface area contributed by atoms with Crippen LogP contribution in [0.3, 0.4) is 0 Å². The van der Waals surface area contributed by atoms with E-state index in [2.05, 4.69) is 55.5 Å². The summed E-state index contributed by atoms with van der Waals surface area (Å²) in [6, 6.07) is 21.0. The maximum absolute atomic E-state index is 5.82. The van der Waals surface area contributed by atoms with Gasteiger partial charge in [-0.15, -0.1) is 0 Å². The van der Waals surface area contributed by atoms with Crippen molar-refractivity contribution in [2.45, 2.75) is 6.92 Å². The maximum Gasteiger partial charge on any atom is 0.0317 e. The van der Waals surface area contributed by atoms with E-state index in [1.54, 1.807) is 0 Å². The Hall–Kier alpha value is -2.28. The fourth-order valence-corrected chi connectivity index (χ4v) is 2.45. The van der Waals surface area contributed by atoms with E-state index < -0.39 is 0 Å². The van der Waals surface area contributed by atoms with Crippen LogP contribution < -0.4 is 5.73 Å². The zero-order valence-electron chi connectivity index (χ0n) is 10.4. The van der Waals surface area contributed by atoms with Gasteiger partial charge in [-0.05, 0) is 46.5 Å². The lowest BCUT2D eigenvalue weighted by atomic mass is 9.95. The van der Waals surface area contributed by atoms with E-state index in [0.717, 1.165) is 5.69 Å². The molecule has 2 N–H and O–H groups in total. The summed E-state index contributed by atoms with van der Waals surface area (Å²) in [5.74, 6) is 0. The lowest BCUT2D eigenvalue weighted by molar-refractivity contribution is 1.47. The van der Waals surface area contributed by atoms with Gasteiger partial charge < -0.3 is 5.73 Å². The molecule has 0 aliphatic heterocycles. The van der Waals surface area contributed by atoms with Crippen molar-refractivity contribution < 1.29 is 0 Å². The largest absolute Gasteiger partial charge is 0.399 e. The molecule has 3 rings (SSSR count). The Morgan fingerprint density at radius 1 is 0.778 bits per heavy atom. The van der Waals surface area contributed by atoms with Crippen LogP contribution in [0.2, 0.25) is 0 Å². The van der Waals surface area contributed by atoms with Gasteiger partial charge in [-0.25, -0.2) is 0 Å². The van der Waals surface area contributed by atoms with E-state index in [-0.39, 0.29) is 0 Å². The van der Waals surface area contributed by atoms with Crippen molar-refractivity contribution in [2.75, 3.05) is 5.73 Å². The molecule has 0 fully saturated rings. The Morgan fingerprint density at radius 2 is 1.56 bits per heavy atom. The number of hydrogen-bond donors (Lipinski definition) is 1. The molecule has 1 heteroatoms. The smallest absolute Gasteiger partial charge is 0.0317 e. The van der Waals surface area contributed by atoms with Gasteiger partial charge in [0.15, 0.2) is 0 Å². The summed E-state index contributed by atoms with van der Waals surface area (Å²) in [5.41, 5.74) is 10.4. The van der Waals surface area contributed by atoms with Crippen molar-refractivity contribution in [3.8, 4) is 11.1 Å². The molecular formula is C17H15N. The van der Waals surface area contributed by atoms with Crippen molar-refractivity contribution >= 4 is 16.5 Å². The predicted molar refractivity (Wildman–Crippen MR) is 78.5 cm³/mol. The van der Waals surface area contributed by atoms with Gasteiger partial charge in [0.25, 0.3) is 0 Å². The number of benzene rings is 3. The standard InChI is InChI=1S/C17H15N/c1-12-11-14(18)9-10-15(12)17-8-4-6-13-5-2-3-7-16(13)17/h2-11H,18H2,1H3. The molecule has 0 amide bonds. The first-order chi connectivity index (χ1) is 8.75. The second-order valence-electron chi connectivity index (χ2n) is 4.60. The van der Waals surface area contributed by atoms with E-state index >= 15 is 0 Å². The van der Waals surface area contributed by atoms with Crippen LogP contribution in [0.5, 0.6) is 0 Å². The number of rotatable bonds is 1. The molecule has 3 aromatic rings. The minimum absolute atomic E-state index is 0.816. The number of nitrogens with two attached hydrogens (primary N) is 1. The highest BCUT2D eigenvalue weighted by Gasteiger charge is 2.05. The molecule has 0 aromatic heterocycles. The van der Waals surface area contributed by atoms with Gasteiger partial charge >= 0.3 is 0 Å². The van der Waals surface area contributed by atoms with Crippen molar-refractivity contribution in [3.63, 3.8) is 0 Å². The summed E-state index contributed by atoms with van der Waals surface area (Å²) in [6.07, 6.45) is 0. The molecule has 0 heterocycles. The SMILES string of the molecule is Cc1cc(N)ccc1-c1cccc2ccccc12. The summed E-state index contributed by atoms with van der Waals surface area (Å²) in [5, 5.41) is 2.55. The quantitative estimate of drug-likeness (QED) is 0.619. The zero-order chi connectivity index (χ0) is 12.5. The predicted octanol–water partition coefficient (Wildman–Crippen LogP) is 4.40. The lowest BCUT2D eigenvalue weighted by Crippen LogP contribution is -1.89. The molecule has 0 saturated heterocycles. The number of anilines is 1. The lowest BCUT2D eigenvalue weighted by Gasteiger charge is -2.10. The molecule has 1 nitrogen and oxygen atoms in total. The first-order valence-electron chi connectivity index (χ1n) is 6.10. The van der Waals surface area contributed by atoms with E-state index in [4.69, 9.17) is 5.73 Å². The number of fused-ring (bicyclic) bond motifs is 1. The molecule has 0 atom stereocenters. The van der Waals surface area contributed by atoms with E-state index in [1.165, 1.54) is 27.5 Å². The minimum Gasteiger partial charge on any atom is -0.399 e. The maximum atomic E-state index is 5.82. The molecule has 0 aliphatic carbocycles. The zero-order valence-corrected chi connectivity index (χ0v) is 10.4. The van der Waals surface area contributed by atoms with E-state index in [9.17, 15) is 0 Å². The molecule has 0 aliphatic rings. The van der Waals surface area contributed by atoms with Crippen LogP contribution in [-0.4, -0.2) is 0 Å². The van der Waals surface area contributed by atoms with Crippen LogP contribution in [0.15, 0.2) is 60.7 Å². The Labute approximate surface area is 107 Å². The second-order valence-corrected chi connectivity index (χ2v) is 4.60. The Kier molecular flexibility index (Phi) is 2.52. The highest BCUT2D eigenvalue weighted by Crippen LogP contribution is 2.31. The molecule has 0 bridgehead atoms. The first kappa shape index (κ1) is 10.8. The third-order valence-electron chi connectivity index (χ3n) is 3.33. The third kappa shape index (κ3) is 1.74. The average Bonchev–Trinajstić information content (AvgIpc) is 2.38. The van der Waals surface area contributed by atoms with E-state index in [0.29, 0.717) is 0 Å². The highest BCUT2D eigenvalue weighted by atomic mass is 14.5. The van der Waals surface area contributed by atoms with Crippen molar-refractivity contribution in [3.05, 3.63) is 66.2 Å². The summed E-state index contributed by atoms with van der Waals surface area (Å²) in [7, 11) is 0. The monoisotopic (exact) mass is 233 g/mol. The molecule has 0 radical (unpaired) electrons. The van der Waals surface area contributed by atoms with Gasteiger partial charge in [0.2, 0.25) is 0 Å². The summed E-state index contributed by atoms with van der Waals surface area (Å²) in [6.45, 7) is 2.10. The second kappa shape index (κ2) is 4.19. The number of hydrogen-bond acceptors (Lipinski definition) is 1. The molecule has 0 spiro atoms. The Balaban J connectivity index is 2.31. The van der Waals surface area contributed by atoms with Gasteiger partial charge in [0, 0.05) is 5.69 Å². The summed E-state index contributed by atoms with van der Waals surface area (Å²) >= 11 is 0.